The molecule has 1 aliphatic heterocycles. The highest BCUT2D eigenvalue weighted by Crippen LogP contribution is 2.27. The van der Waals surface area contributed by atoms with Gasteiger partial charge >= 0.3 is 6.03 Å². The summed E-state index contributed by atoms with van der Waals surface area (Å²) in [5.41, 5.74) is 2.52. The van der Waals surface area contributed by atoms with Crippen LogP contribution in [0.25, 0.3) is 0 Å². The van der Waals surface area contributed by atoms with Gasteiger partial charge in [0, 0.05) is 25.7 Å². The van der Waals surface area contributed by atoms with Crippen LogP contribution in [0.1, 0.15) is 24.0 Å². The molecule has 156 valence electrons. The van der Waals surface area contributed by atoms with Gasteiger partial charge in [-0.15, -0.1) is 0 Å². The van der Waals surface area contributed by atoms with E-state index in [9.17, 15) is 9.18 Å². The molecule has 0 saturated carbocycles. The van der Waals surface area contributed by atoms with Crippen LogP contribution in [-0.2, 0) is 6.54 Å². The number of nitrogens with one attached hydrogen (secondary N) is 2. The number of amides is 2. The van der Waals surface area contributed by atoms with Gasteiger partial charge in [0.15, 0.2) is 11.5 Å². The van der Waals surface area contributed by atoms with Gasteiger partial charge < -0.3 is 25.0 Å². The minimum atomic E-state index is -0.239. The molecule has 6 nitrogen and oxygen atoms in total. The number of halogens is 1. The first kappa shape index (κ1) is 20.8. The van der Waals surface area contributed by atoms with Crippen molar-refractivity contribution >= 4 is 11.7 Å². The fourth-order valence-corrected chi connectivity index (χ4v) is 3.59. The maximum Gasteiger partial charge on any atom is 0.315 e. The predicted octanol–water partition coefficient (Wildman–Crippen LogP) is 3.62. The van der Waals surface area contributed by atoms with Crippen molar-refractivity contribution in [2.24, 2.45) is 0 Å². The molecule has 1 unspecified atom stereocenters. The third kappa shape index (κ3) is 5.31. The number of rotatable bonds is 6. The van der Waals surface area contributed by atoms with Gasteiger partial charge in [0.2, 0.25) is 0 Å². The lowest BCUT2D eigenvalue weighted by atomic mass is 10.0. The number of ether oxygens (including phenoxy) is 2. The Morgan fingerprint density at radius 3 is 2.72 bits per heavy atom. The Balaban J connectivity index is 1.54. The van der Waals surface area contributed by atoms with Crippen molar-refractivity contribution in [1.82, 2.24) is 10.6 Å². The molecule has 1 fully saturated rings. The van der Waals surface area contributed by atoms with Crippen LogP contribution < -0.4 is 25.0 Å². The highest BCUT2D eigenvalue weighted by Gasteiger charge is 2.23. The van der Waals surface area contributed by atoms with Crippen molar-refractivity contribution in [1.29, 1.82) is 0 Å². The predicted molar refractivity (Wildman–Crippen MR) is 111 cm³/mol. The summed E-state index contributed by atoms with van der Waals surface area (Å²) >= 11 is 0. The zero-order valence-corrected chi connectivity index (χ0v) is 17.1. The first-order chi connectivity index (χ1) is 14.0. The lowest BCUT2D eigenvalue weighted by Crippen LogP contribution is -2.50. The second-order valence-corrected chi connectivity index (χ2v) is 7.26. The Kier molecular flexibility index (Phi) is 6.80. The Labute approximate surface area is 171 Å². The van der Waals surface area contributed by atoms with E-state index in [1.165, 1.54) is 6.07 Å². The summed E-state index contributed by atoms with van der Waals surface area (Å²) in [5, 5.41) is 5.88. The Morgan fingerprint density at radius 1 is 1.17 bits per heavy atom. The fraction of sp³-hybridized carbons (Fsp3) is 0.409. The van der Waals surface area contributed by atoms with Gasteiger partial charge in [-0.3, -0.25) is 0 Å². The van der Waals surface area contributed by atoms with E-state index < -0.39 is 0 Å². The van der Waals surface area contributed by atoms with E-state index in [-0.39, 0.29) is 17.9 Å². The number of nitrogens with zero attached hydrogens (tertiary/aromatic N) is 1. The zero-order valence-electron chi connectivity index (χ0n) is 17.1. The number of piperidine rings is 1. The van der Waals surface area contributed by atoms with Crippen molar-refractivity contribution in [3.05, 3.63) is 53.3 Å². The second kappa shape index (κ2) is 9.49. The molecule has 2 amide bonds. The Morgan fingerprint density at radius 2 is 1.97 bits per heavy atom. The van der Waals surface area contributed by atoms with Crippen LogP contribution in [0.4, 0.5) is 14.9 Å². The highest BCUT2D eigenvalue weighted by atomic mass is 19.1. The van der Waals surface area contributed by atoms with E-state index in [0.29, 0.717) is 30.3 Å². The molecule has 1 saturated heterocycles. The van der Waals surface area contributed by atoms with Crippen molar-refractivity contribution in [3.63, 3.8) is 0 Å². The smallest absolute Gasteiger partial charge is 0.315 e. The summed E-state index contributed by atoms with van der Waals surface area (Å²) in [7, 11) is 3.16. The molecule has 1 atom stereocenters. The Hall–Kier alpha value is -2.96. The number of carbonyl (C=O) groups is 1. The van der Waals surface area contributed by atoms with E-state index in [4.69, 9.17) is 9.47 Å². The quantitative estimate of drug-likeness (QED) is 0.776. The van der Waals surface area contributed by atoms with Gasteiger partial charge in [-0.2, -0.15) is 0 Å². The van der Waals surface area contributed by atoms with E-state index >= 15 is 0 Å². The van der Waals surface area contributed by atoms with E-state index in [1.807, 2.05) is 36.1 Å². The fourth-order valence-electron chi connectivity index (χ4n) is 3.59. The van der Waals surface area contributed by atoms with Crippen LogP contribution in [0, 0.1) is 12.7 Å². The zero-order chi connectivity index (χ0) is 20.8. The first-order valence-electron chi connectivity index (χ1n) is 9.76. The lowest BCUT2D eigenvalue weighted by molar-refractivity contribution is 0.234. The SMILES string of the molecule is COc1ccc(CNC(=O)NC2CCCN(c3cc(C)ccc3F)C2)cc1OC. The monoisotopic (exact) mass is 401 g/mol. The maximum absolute atomic E-state index is 14.2. The minimum absolute atomic E-state index is 0.0333. The number of anilines is 1. The van der Waals surface area contributed by atoms with Crippen molar-refractivity contribution in [2.45, 2.75) is 32.4 Å². The molecule has 3 rings (SSSR count). The third-order valence-electron chi connectivity index (χ3n) is 5.10. The van der Waals surface area contributed by atoms with Crippen LogP contribution >= 0.6 is 0 Å². The summed E-state index contributed by atoms with van der Waals surface area (Å²) < 4.78 is 24.7. The van der Waals surface area contributed by atoms with Crippen LogP contribution in [0.15, 0.2) is 36.4 Å². The summed E-state index contributed by atoms with van der Waals surface area (Å²) in [6.07, 6.45) is 1.77. The topological polar surface area (TPSA) is 62.8 Å². The molecule has 0 aromatic heterocycles. The number of urea groups is 1. The molecule has 0 radical (unpaired) electrons. The van der Waals surface area contributed by atoms with Crippen LogP contribution in [0.2, 0.25) is 0 Å². The molecule has 0 bridgehead atoms. The summed E-state index contributed by atoms with van der Waals surface area (Å²) in [6, 6.07) is 10.4. The molecular weight excluding hydrogens is 373 g/mol. The van der Waals surface area contributed by atoms with Crippen LogP contribution in [0.3, 0.4) is 0 Å². The first-order valence-corrected chi connectivity index (χ1v) is 9.76. The minimum Gasteiger partial charge on any atom is -0.493 e. The standard InChI is InChI=1S/C22H28FN3O3/c1-15-6-8-18(23)19(11-15)26-10-4-5-17(14-26)25-22(27)24-13-16-7-9-20(28-2)21(12-16)29-3/h6-9,11-12,17H,4-5,10,13-14H2,1-3H3,(H2,24,25,27). The third-order valence-corrected chi connectivity index (χ3v) is 5.10. The Bertz CT molecular complexity index is 859. The average molecular weight is 401 g/mol. The molecule has 1 aliphatic rings. The number of carbonyl (C=O) groups excluding carboxylic acids is 1. The number of aryl methyl sites for hydroxylation is 1. The van der Waals surface area contributed by atoms with Crippen molar-refractivity contribution in [3.8, 4) is 11.5 Å². The van der Waals surface area contributed by atoms with Gasteiger partial charge in [0.05, 0.1) is 19.9 Å². The normalized spacial score (nSPS) is 16.3. The summed E-state index contributed by atoms with van der Waals surface area (Å²) in [5.74, 6) is 1.04. The molecule has 1 heterocycles. The molecule has 2 aromatic rings. The van der Waals surface area contributed by atoms with Gasteiger partial charge in [-0.25, -0.2) is 9.18 Å². The number of methoxy groups -OCH3 is 2. The molecule has 0 aliphatic carbocycles. The second-order valence-electron chi connectivity index (χ2n) is 7.26. The maximum atomic E-state index is 14.2. The molecule has 2 aromatic carbocycles. The molecule has 29 heavy (non-hydrogen) atoms. The molecule has 2 N–H and O–H groups in total. The van der Waals surface area contributed by atoms with E-state index in [0.717, 1.165) is 30.5 Å². The van der Waals surface area contributed by atoms with Gasteiger partial charge in [-0.1, -0.05) is 12.1 Å². The highest BCUT2D eigenvalue weighted by molar-refractivity contribution is 5.74. The van der Waals surface area contributed by atoms with Gasteiger partial charge in [0.1, 0.15) is 5.82 Å². The number of hydrogen-bond acceptors (Lipinski definition) is 4. The van der Waals surface area contributed by atoms with Gasteiger partial charge in [0.25, 0.3) is 0 Å². The molecule has 7 heteroatoms. The summed E-state index contributed by atoms with van der Waals surface area (Å²) in [6.45, 7) is 3.69. The average Bonchev–Trinajstić information content (AvgIpc) is 2.74. The van der Waals surface area contributed by atoms with E-state index in [1.54, 1.807) is 20.3 Å². The lowest BCUT2D eigenvalue weighted by Gasteiger charge is -2.35. The van der Waals surface area contributed by atoms with Crippen LogP contribution in [-0.4, -0.2) is 39.4 Å². The van der Waals surface area contributed by atoms with E-state index in [2.05, 4.69) is 10.6 Å². The summed E-state index contributed by atoms with van der Waals surface area (Å²) in [4.78, 5) is 14.4. The number of hydrogen-bond donors (Lipinski definition) is 2. The molecular formula is C22H28FN3O3. The van der Waals surface area contributed by atoms with Crippen molar-refractivity contribution in [2.75, 3.05) is 32.2 Å². The molecule has 0 spiro atoms. The van der Waals surface area contributed by atoms with Crippen LogP contribution in [0.5, 0.6) is 11.5 Å². The van der Waals surface area contributed by atoms with Crippen molar-refractivity contribution < 1.29 is 18.7 Å². The van der Waals surface area contributed by atoms with Gasteiger partial charge in [-0.05, 0) is 55.2 Å². The largest absolute Gasteiger partial charge is 0.493 e. The number of benzene rings is 2.